The Morgan fingerprint density at radius 2 is 2.33 bits per heavy atom. The van der Waals surface area contributed by atoms with Gasteiger partial charge in [-0.25, -0.2) is 4.98 Å². The molecule has 15 heavy (non-hydrogen) atoms. The van der Waals surface area contributed by atoms with Gasteiger partial charge in [0, 0.05) is 17.5 Å². The van der Waals surface area contributed by atoms with E-state index in [-0.39, 0.29) is 6.10 Å². The van der Waals surface area contributed by atoms with Gasteiger partial charge in [0.25, 0.3) is 0 Å². The van der Waals surface area contributed by atoms with E-state index >= 15 is 0 Å². The highest BCUT2D eigenvalue weighted by Gasteiger charge is 2.27. The summed E-state index contributed by atoms with van der Waals surface area (Å²) in [6.07, 6.45) is 4.15. The van der Waals surface area contributed by atoms with Gasteiger partial charge in [-0.15, -0.1) is 11.3 Å². The van der Waals surface area contributed by atoms with Crippen molar-refractivity contribution in [1.82, 2.24) is 4.98 Å². The highest BCUT2D eigenvalue weighted by molar-refractivity contribution is 7.09. The van der Waals surface area contributed by atoms with Crippen molar-refractivity contribution in [3.05, 3.63) is 16.1 Å². The van der Waals surface area contributed by atoms with Crippen LogP contribution < -0.4 is 0 Å². The second kappa shape index (κ2) is 4.62. The molecule has 1 saturated carbocycles. The molecule has 0 radical (unpaired) electrons. The maximum Gasteiger partial charge on any atom is 0.0931 e. The minimum atomic E-state index is -0.106. The predicted molar refractivity (Wildman–Crippen MR) is 63.1 cm³/mol. The van der Waals surface area contributed by atoms with Crippen LogP contribution in [0.15, 0.2) is 5.38 Å². The zero-order chi connectivity index (χ0) is 10.8. The van der Waals surface area contributed by atoms with Crippen LogP contribution in [0.2, 0.25) is 0 Å². The van der Waals surface area contributed by atoms with Gasteiger partial charge in [0.2, 0.25) is 0 Å². The van der Waals surface area contributed by atoms with Crippen molar-refractivity contribution in [1.29, 1.82) is 0 Å². The summed E-state index contributed by atoms with van der Waals surface area (Å²) in [5, 5.41) is 13.2. The number of aliphatic hydroxyl groups is 1. The van der Waals surface area contributed by atoms with Crippen molar-refractivity contribution in [2.45, 2.75) is 45.6 Å². The molecule has 0 amide bonds. The predicted octanol–water partition coefficient (Wildman–Crippen LogP) is 2.79. The Kier molecular flexibility index (Phi) is 3.42. The third-order valence-electron chi connectivity index (χ3n) is 3.31. The first-order valence-electron chi connectivity index (χ1n) is 5.74. The lowest BCUT2D eigenvalue weighted by atomic mass is 9.79. The monoisotopic (exact) mass is 225 g/mol. The lowest BCUT2D eigenvalue weighted by Gasteiger charge is -2.31. The molecule has 3 atom stereocenters. The largest absolute Gasteiger partial charge is 0.393 e. The smallest absolute Gasteiger partial charge is 0.0931 e. The van der Waals surface area contributed by atoms with E-state index in [1.807, 2.05) is 6.92 Å². The molecule has 0 spiro atoms. The van der Waals surface area contributed by atoms with Gasteiger partial charge in [-0.3, -0.25) is 0 Å². The third kappa shape index (κ3) is 2.79. The third-order valence-corrected chi connectivity index (χ3v) is 4.30. The molecule has 0 bridgehead atoms. The SMILES string of the molecule is Cc1csc(CC2CC(C)CCC2O)n1. The van der Waals surface area contributed by atoms with Gasteiger partial charge in [-0.2, -0.15) is 0 Å². The normalized spacial score (nSPS) is 31.8. The van der Waals surface area contributed by atoms with E-state index in [0.717, 1.165) is 30.9 Å². The second-order valence-electron chi connectivity index (χ2n) is 4.83. The maximum atomic E-state index is 9.93. The number of hydrogen-bond donors (Lipinski definition) is 1. The van der Waals surface area contributed by atoms with Gasteiger partial charge in [-0.1, -0.05) is 6.92 Å². The van der Waals surface area contributed by atoms with Crippen LogP contribution in [-0.2, 0) is 6.42 Å². The summed E-state index contributed by atoms with van der Waals surface area (Å²) in [5.41, 5.74) is 1.10. The van der Waals surface area contributed by atoms with Crippen molar-refractivity contribution in [3.63, 3.8) is 0 Å². The number of aryl methyl sites for hydroxylation is 1. The molecule has 0 saturated heterocycles. The maximum absolute atomic E-state index is 9.93. The van der Waals surface area contributed by atoms with Crippen LogP contribution in [0.5, 0.6) is 0 Å². The summed E-state index contributed by atoms with van der Waals surface area (Å²) in [5.74, 6) is 1.19. The Labute approximate surface area is 95.4 Å². The first-order valence-corrected chi connectivity index (χ1v) is 6.62. The minimum absolute atomic E-state index is 0.106. The Morgan fingerprint density at radius 3 is 3.00 bits per heavy atom. The highest BCUT2D eigenvalue weighted by atomic mass is 32.1. The fourth-order valence-corrected chi connectivity index (χ4v) is 3.29. The highest BCUT2D eigenvalue weighted by Crippen LogP contribution is 2.31. The average molecular weight is 225 g/mol. The Bertz CT molecular complexity index is 323. The molecule has 1 heterocycles. The van der Waals surface area contributed by atoms with E-state index < -0.39 is 0 Å². The molecule has 1 aromatic rings. The molecule has 2 nitrogen and oxygen atoms in total. The van der Waals surface area contributed by atoms with Gasteiger partial charge in [0.1, 0.15) is 0 Å². The zero-order valence-corrected chi connectivity index (χ0v) is 10.3. The van der Waals surface area contributed by atoms with Crippen molar-refractivity contribution in [2.75, 3.05) is 0 Å². The molecular formula is C12H19NOS. The van der Waals surface area contributed by atoms with Crippen LogP contribution in [0.4, 0.5) is 0 Å². The molecule has 0 aliphatic heterocycles. The van der Waals surface area contributed by atoms with E-state index in [0.29, 0.717) is 5.92 Å². The summed E-state index contributed by atoms with van der Waals surface area (Å²) >= 11 is 1.72. The first kappa shape index (κ1) is 11.1. The molecule has 1 fully saturated rings. The Morgan fingerprint density at radius 1 is 1.53 bits per heavy atom. The Balaban J connectivity index is 1.98. The number of aromatic nitrogens is 1. The number of nitrogens with zero attached hydrogens (tertiary/aromatic N) is 1. The van der Waals surface area contributed by atoms with E-state index in [9.17, 15) is 5.11 Å². The molecule has 1 N–H and O–H groups in total. The summed E-state index contributed by atoms with van der Waals surface area (Å²) in [6.45, 7) is 4.31. The van der Waals surface area contributed by atoms with Crippen LogP contribution >= 0.6 is 11.3 Å². The molecule has 84 valence electrons. The number of hydrogen-bond acceptors (Lipinski definition) is 3. The number of thiazole rings is 1. The minimum Gasteiger partial charge on any atom is -0.393 e. The van der Waals surface area contributed by atoms with E-state index in [1.54, 1.807) is 11.3 Å². The van der Waals surface area contributed by atoms with Crippen LogP contribution in [0, 0.1) is 18.8 Å². The molecule has 3 heteroatoms. The standard InChI is InChI=1S/C12H19NOS/c1-8-3-4-11(14)10(5-8)6-12-13-9(2)7-15-12/h7-8,10-11,14H,3-6H2,1-2H3. The quantitative estimate of drug-likeness (QED) is 0.839. The molecule has 3 unspecified atom stereocenters. The van der Waals surface area contributed by atoms with E-state index in [2.05, 4.69) is 17.3 Å². The first-order chi connectivity index (χ1) is 7.15. The summed E-state index contributed by atoms with van der Waals surface area (Å²) in [7, 11) is 0. The summed E-state index contributed by atoms with van der Waals surface area (Å²) in [4.78, 5) is 4.47. The summed E-state index contributed by atoms with van der Waals surface area (Å²) < 4.78 is 0. The van der Waals surface area contributed by atoms with Crippen molar-refractivity contribution >= 4 is 11.3 Å². The van der Waals surface area contributed by atoms with Crippen LogP contribution in [0.3, 0.4) is 0 Å². The molecule has 1 aromatic heterocycles. The molecule has 0 aromatic carbocycles. The molecular weight excluding hydrogens is 206 g/mol. The van der Waals surface area contributed by atoms with Crippen LogP contribution in [0.1, 0.15) is 36.9 Å². The zero-order valence-electron chi connectivity index (χ0n) is 9.44. The van der Waals surface area contributed by atoms with Gasteiger partial charge in [-0.05, 0) is 38.0 Å². The number of aliphatic hydroxyl groups excluding tert-OH is 1. The van der Waals surface area contributed by atoms with E-state index in [1.165, 1.54) is 11.4 Å². The second-order valence-corrected chi connectivity index (χ2v) is 5.78. The lowest BCUT2D eigenvalue weighted by Crippen LogP contribution is -2.29. The average Bonchev–Trinajstić information content (AvgIpc) is 2.58. The molecule has 2 rings (SSSR count). The van der Waals surface area contributed by atoms with Crippen LogP contribution in [0.25, 0.3) is 0 Å². The van der Waals surface area contributed by atoms with Gasteiger partial charge >= 0.3 is 0 Å². The van der Waals surface area contributed by atoms with Gasteiger partial charge in [0.05, 0.1) is 11.1 Å². The lowest BCUT2D eigenvalue weighted by molar-refractivity contribution is 0.0519. The van der Waals surface area contributed by atoms with Crippen molar-refractivity contribution < 1.29 is 5.11 Å². The number of rotatable bonds is 2. The summed E-state index contributed by atoms with van der Waals surface area (Å²) in [6, 6.07) is 0. The topological polar surface area (TPSA) is 33.1 Å². The molecule has 1 aliphatic rings. The van der Waals surface area contributed by atoms with Gasteiger partial charge in [0.15, 0.2) is 0 Å². The van der Waals surface area contributed by atoms with Crippen molar-refractivity contribution in [3.8, 4) is 0 Å². The fraction of sp³-hybridized carbons (Fsp3) is 0.750. The van der Waals surface area contributed by atoms with Crippen molar-refractivity contribution in [2.24, 2.45) is 11.8 Å². The fourth-order valence-electron chi connectivity index (χ4n) is 2.42. The Hall–Kier alpha value is -0.410. The molecule has 1 aliphatic carbocycles. The van der Waals surface area contributed by atoms with Gasteiger partial charge < -0.3 is 5.11 Å². The van der Waals surface area contributed by atoms with Crippen LogP contribution in [-0.4, -0.2) is 16.2 Å². The van der Waals surface area contributed by atoms with E-state index in [4.69, 9.17) is 0 Å².